The van der Waals surface area contributed by atoms with Gasteiger partial charge in [0.1, 0.15) is 0 Å². The lowest BCUT2D eigenvalue weighted by atomic mass is 10.1. The van der Waals surface area contributed by atoms with E-state index in [-0.39, 0.29) is 11.9 Å². The summed E-state index contributed by atoms with van der Waals surface area (Å²) in [4.78, 5) is 19.3. The summed E-state index contributed by atoms with van der Waals surface area (Å²) >= 11 is 1.43. The largest absolute Gasteiger partial charge is 0.376 e. The lowest BCUT2D eigenvalue weighted by Crippen LogP contribution is -2.17. The van der Waals surface area contributed by atoms with E-state index in [1.54, 1.807) is 0 Å². The van der Waals surface area contributed by atoms with Crippen LogP contribution in [0.2, 0.25) is 0 Å². The van der Waals surface area contributed by atoms with Crippen LogP contribution in [-0.2, 0) is 11.3 Å². The minimum atomic E-state index is 0.0900. The smallest absolute Gasteiger partial charge is 0.192 e. The molecule has 0 bridgehead atoms. The number of carbonyl (C=O) groups excluding carboxylic acids is 1. The van der Waals surface area contributed by atoms with Crippen LogP contribution >= 0.6 is 11.8 Å². The van der Waals surface area contributed by atoms with E-state index in [0.29, 0.717) is 12.3 Å². The number of thioether (sulfide) groups is 1. The van der Waals surface area contributed by atoms with Crippen molar-refractivity contribution in [1.29, 1.82) is 0 Å². The lowest BCUT2D eigenvalue weighted by molar-refractivity contribution is 0.0953. The second-order valence-corrected chi connectivity index (χ2v) is 8.95. The van der Waals surface area contributed by atoms with Crippen molar-refractivity contribution in [2.24, 2.45) is 0 Å². The van der Waals surface area contributed by atoms with E-state index in [2.05, 4.69) is 36.9 Å². The number of ketones is 1. The number of hydrogen-bond donors (Lipinski definition) is 2. The number of nitrogens with zero attached hydrogens (tertiary/aromatic N) is 3. The number of para-hydroxylation sites is 1. The number of rotatable bonds is 7. The van der Waals surface area contributed by atoms with Crippen LogP contribution < -0.4 is 0 Å². The molecule has 1 aromatic carbocycles. The number of benzene rings is 1. The van der Waals surface area contributed by atoms with E-state index in [9.17, 15) is 4.79 Å². The van der Waals surface area contributed by atoms with E-state index in [4.69, 9.17) is 4.74 Å². The average Bonchev–Trinajstić information content (AvgIpc) is 3.54. The highest BCUT2D eigenvalue weighted by atomic mass is 32.2. The molecule has 8 heteroatoms. The molecular weight excluding hydrogens is 410 g/mol. The minimum Gasteiger partial charge on any atom is -0.376 e. The van der Waals surface area contributed by atoms with E-state index in [0.717, 1.165) is 63.8 Å². The minimum absolute atomic E-state index is 0.0900. The third-order valence-corrected chi connectivity index (χ3v) is 6.71. The van der Waals surface area contributed by atoms with Gasteiger partial charge in [-0.15, -0.1) is 10.2 Å². The summed E-state index contributed by atoms with van der Waals surface area (Å²) in [7, 11) is 0. The van der Waals surface area contributed by atoms with Crippen molar-refractivity contribution < 1.29 is 9.53 Å². The first kappa shape index (κ1) is 20.1. The van der Waals surface area contributed by atoms with Gasteiger partial charge in [-0.3, -0.25) is 9.36 Å². The van der Waals surface area contributed by atoms with Gasteiger partial charge in [0.15, 0.2) is 16.8 Å². The van der Waals surface area contributed by atoms with Crippen molar-refractivity contribution in [3.05, 3.63) is 53.5 Å². The van der Waals surface area contributed by atoms with Crippen LogP contribution in [0.5, 0.6) is 0 Å². The molecule has 1 aliphatic heterocycles. The molecule has 160 valence electrons. The lowest BCUT2D eigenvalue weighted by Gasteiger charge is -2.14. The first-order valence-corrected chi connectivity index (χ1v) is 11.5. The standard InChI is InChI=1S/C23H25N5O2S/c1-14-10-18(15(2)25-14)21(29)13-31-23-27-26-22(28(23)12-16-6-5-9-30-16)19-11-24-20-8-4-3-7-17(19)20/h3-4,7-8,10-11,16,24-25H,5-6,9,12-13H2,1-2H3. The molecule has 7 nitrogen and oxygen atoms in total. The summed E-state index contributed by atoms with van der Waals surface area (Å²) in [5, 5.41) is 10.8. The highest BCUT2D eigenvalue weighted by molar-refractivity contribution is 7.99. The maximum absolute atomic E-state index is 12.8. The molecule has 0 aliphatic carbocycles. The molecule has 0 radical (unpaired) electrons. The Kier molecular flexibility index (Phi) is 5.41. The molecule has 4 heterocycles. The van der Waals surface area contributed by atoms with Crippen molar-refractivity contribution in [2.75, 3.05) is 12.4 Å². The predicted molar refractivity (Wildman–Crippen MR) is 122 cm³/mol. The van der Waals surface area contributed by atoms with Crippen LogP contribution in [0.4, 0.5) is 0 Å². The number of nitrogens with one attached hydrogen (secondary N) is 2. The molecule has 3 aromatic heterocycles. The maximum atomic E-state index is 12.8. The molecule has 1 unspecified atom stereocenters. The summed E-state index contributed by atoms with van der Waals surface area (Å²) in [5.41, 5.74) is 4.72. The summed E-state index contributed by atoms with van der Waals surface area (Å²) < 4.78 is 8.00. The Morgan fingerprint density at radius 2 is 2.16 bits per heavy atom. The second-order valence-electron chi connectivity index (χ2n) is 8.00. The molecule has 0 amide bonds. The molecule has 1 saturated heterocycles. The van der Waals surface area contributed by atoms with Crippen molar-refractivity contribution in [1.82, 2.24) is 24.7 Å². The van der Waals surface area contributed by atoms with E-state index in [1.807, 2.05) is 38.2 Å². The fourth-order valence-corrected chi connectivity index (χ4v) is 5.06. The number of fused-ring (bicyclic) bond motifs is 1. The number of ether oxygens (including phenoxy) is 1. The Hall–Kier alpha value is -2.84. The van der Waals surface area contributed by atoms with E-state index < -0.39 is 0 Å². The zero-order valence-corrected chi connectivity index (χ0v) is 18.5. The average molecular weight is 436 g/mol. The van der Waals surface area contributed by atoms with Crippen molar-refractivity contribution in [3.8, 4) is 11.4 Å². The first-order valence-electron chi connectivity index (χ1n) is 10.5. The van der Waals surface area contributed by atoms with Gasteiger partial charge >= 0.3 is 0 Å². The van der Waals surface area contributed by atoms with Crippen molar-refractivity contribution in [3.63, 3.8) is 0 Å². The molecule has 0 spiro atoms. The topological polar surface area (TPSA) is 88.6 Å². The fraction of sp³-hybridized carbons (Fsp3) is 0.348. The predicted octanol–water partition coefficient (Wildman–Crippen LogP) is 4.53. The number of H-pyrrole nitrogens is 2. The van der Waals surface area contributed by atoms with Gasteiger partial charge in [0, 0.05) is 46.2 Å². The van der Waals surface area contributed by atoms with Crippen LogP contribution in [0.1, 0.15) is 34.6 Å². The van der Waals surface area contributed by atoms with Crippen LogP contribution in [0.3, 0.4) is 0 Å². The number of aryl methyl sites for hydroxylation is 2. The Balaban J connectivity index is 1.45. The Morgan fingerprint density at radius 3 is 2.94 bits per heavy atom. The quantitative estimate of drug-likeness (QED) is 0.329. The van der Waals surface area contributed by atoms with Crippen molar-refractivity contribution in [2.45, 2.75) is 44.5 Å². The molecule has 1 fully saturated rings. The molecule has 0 saturated carbocycles. The summed E-state index contributed by atoms with van der Waals surface area (Å²) in [6.07, 6.45) is 4.22. The van der Waals surface area contributed by atoms with Gasteiger partial charge in [-0.05, 0) is 38.8 Å². The first-order chi connectivity index (χ1) is 15.1. The summed E-state index contributed by atoms with van der Waals surface area (Å²) in [6, 6.07) is 10.1. The van der Waals surface area contributed by atoms with Crippen molar-refractivity contribution >= 4 is 28.4 Å². The van der Waals surface area contributed by atoms with Gasteiger partial charge in [0.05, 0.1) is 18.4 Å². The zero-order valence-electron chi connectivity index (χ0n) is 17.6. The fourth-order valence-electron chi connectivity index (χ4n) is 4.23. The number of aromatic nitrogens is 5. The highest BCUT2D eigenvalue weighted by Gasteiger charge is 2.24. The van der Waals surface area contributed by atoms with Gasteiger partial charge in [-0.1, -0.05) is 30.0 Å². The van der Waals surface area contributed by atoms with Crippen LogP contribution in [0.25, 0.3) is 22.3 Å². The molecule has 31 heavy (non-hydrogen) atoms. The van der Waals surface area contributed by atoms with Gasteiger partial charge in [-0.25, -0.2) is 0 Å². The Labute approximate surface area is 184 Å². The van der Waals surface area contributed by atoms with Gasteiger partial charge in [0.25, 0.3) is 0 Å². The molecule has 4 aromatic rings. The zero-order chi connectivity index (χ0) is 21.4. The van der Waals surface area contributed by atoms with E-state index in [1.165, 1.54) is 11.8 Å². The summed E-state index contributed by atoms with van der Waals surface area (Å²) in [6.45, 7) is 5.37. The summed E-state index contributed by atoms with van der Waals surface area (Å²) in [5.74, 6) is 1.21. The van der Waals surface area contributed by atoms with Gasteiger partial charge < -0.3 is 14.7 Å². The van der Waals surface area contributed by atoms with Crippen LogP contribution in [-0.4, -0.2) is 49.0 Å². The van der Waals surface area contributed by atoms with E-state index >= 15 is 0 Å². The SMILES string of the molecule is Cc1cc(C(=O)CSc2nnc(-c3c[nH]c4ccccc34)n2CC2CCCO2)c(C)[nH]1. The normalized spacial score (nSPS) is 16.4. The van der Waals surface area contributed by atoms with Gasteiger partial charge in [-0.2, -0.15) is 0 Å². The Morgan fingerprint density at radius 1 is 1.29 bits per heavy atom. The third kappa shape index (κ3) is 3.93. The van der Waals surface area contributed by atoms with Crippen LogP contribution in [0, 0.1) is 13.8 Å². The highest BCUT2D eigenvalue weighted by Crippen LogP contribution is 2.31. The maximum Gasteiger partial charge on any atom is 0.192 e. The number of aromatic amines is 2. The van der Waals surface area contributed by atoms with Crippen LogP contribution in [0.15, 0.2) is 41.7 Å². The molecular formula is C23H25N5O2S. The van der Waals surface area contributed by atoms with Gasteiger partial charge in [0.2, 0.25) is 0 Å². The number of carbonyl (C=O) groups is 1. The molecule has 1 aliphatic rings. The molecule has 5 rings (SSSR count). The molecule has 2 N–H and O–H groups in total. The number of Topliss-reactive ketones (excluding diaryl/α,β-unsaturated/α-hetero) is 1. The molecule has 1 atom stereocenters. The number of hydrogen-bond acceptors (Lipinski definition) is 5. The second kappa shape index (κ2) is 8.36. The Bertz CT molecular complexity index is 1230. The monoisotopic (exact) mass is 435 g/mol. The third-order valence-electron chi connectivity index (χ3n) is 5.74.